The second-order valence-corrected chi connectivity index (χ2v) is 5.42. The van der Waals surface area contributed by atoms with Crippen LogP contribution in [0, 0.1) is 5.82 Å². The number of halogens is 2. The van der Waals surface area contributed by atoms with Gasteiger partial charge in [-0.15, -0.1) is 35.7 Å². The summed E-state index contributed by atoms with van der Waals surface area (Å²) < 4.78 is 12.7. The maximum atomic E-state index is 12.7. The zero-order valence-electron chi connectivity index (χ0n) is 12.1. The summed E-state index contributed by atoms with van der Waals surface area (Å²) in [6.45, 7) is 5.08. The standard InChI is InChI=1S/C14H22FN3S.HI/c1-4-11(2)18-14(16-3)17-9-10-19-13-7-5-12(15)6-8-13;/h5-8,11H,4,9-10H2,1-3H3,(H2,16,17,18);1H. The lowest BCUT2D eigenvalue weighted by molar-refractivity contribution is 0.626. The van der Waals surface area contributed by atoms with Gasteiger partial charge in [-0.3, -0.25) is 4.99 Å². The topological polar surface area (TPSA) is 36.4 Å². The quantitative estimate of drug-likeness (QED) is 0.247. The van der Waals surface area contributed by atoms with Crippen molar-refractivity contribution in [2.75, 3.05) is 19.3 Å². The molecule has 114 valence electrons. The zero-order chi connectivity index (χ0) is 14.1. The second-order valence-electron chi connectivity index (χ2n) is 4.26. The zero-order valence-corrected chi connectivity index (χ0v) is 15.3. The highest BCUT2D eigenvalue weighted by molar-refractivity contribution is 14.0. The molecule has 1 aromatic carbocycles. The average molecular weight is 411 g/mol. The number of hydrogen-bond donors (Lipinski definition) is 2. The number of rotatable bonds is 6. The molecule has 0 aliphatic carbocycles. The molecule has 1 rings (SSSR count). The van der Waals surface area contributed by atoms with Crippen molar-refractivity contribution in [1.29, 1.82) is 0 Å². The lowest BCUT2D eigenvalue weighted by atomic mass is 10.3. The van der Waals surface area contributed by atoms with Crippen LogP contribution in [0.15, 0.2) is 34.2 Å². The van der Waals surface area contributed by atoms with Gasteiger partial charge in [0.15, 0.2) is 5.96 Å². The minimum atomic E-state index is -0.194. The molecule has 0 amide bonds. The summed E-state index contributed by atoms with van der Waals surface area (Å²) in [6, 6.07) is 6.98. The summed E-state index contributed by atoms with van der Waals surface area (Å²) >= 11 is 1.69. The van der Waals surface area contributed by atoms with E-state index in [4.69, 9.17) is 0 Å². The molecule has 20 heavy (non-hydrogen) atoms. The van der Waals surface area contributed by atoms with E-state index in [9.17, 15) is 4.39 Å². The summed E-state index contributed by atoms with van der Waals surface area (Å²) in [6.07, 6.45) is 1.06. The van der Waals surface area contributed by atoms with E-state index >= 15 is 0 Å². The lowest BCUT2D eigenvalue weighted by Crippen LogP contribution is -2.42. The van der Waals surface area contributed by atoms with Crippen LogP contribution in [0.25, 0.3) is 0 Å². The highest BCUT2D eigenvalue weighted by atomic mass is 127. The fraction of sp³-hybridized carbons (Fsp3) is 0.500. The van der Waals surface area contributed by atoms with Crippen molar-refractivity contribution in [1.82, 2.24) is 10.6 Å². The minimum absolute atomic E-state index is 0. The Labute approximate surface area is 142 Å². The first-order chi connectivity index (χ1) is 9.15. The van der Waals surface area contributed by atoms with Gasteiger partial charge in [0.1, 0.15) is 5.82 Å². The van der Waals surface area contributed by atoms with Crippen molar-refractivity contribution in [3.63, 3.8) is 0 Å². The van der Waals surface area contributed by atoms with Crippen molar-refractivity contribution in [2.24, 2.45) is 4.99 Å². The summed E-state index contributed by atoms with van der Waals surface area (Å²) in [5.41, 5.74) is 0. The normalized spacial score (nSPS) is 12.5. The highest BCUT2D eigenvalue weighted by Crippen LogP contribution is 2.17. The number of hydrogen-bond acceptors (Lipinski definition) is 2. The van der Waals surface area contributed by atoms with Crippen LogP contribution < -0.4 is 10.6 Å². The van der Waals surface area contributed by atoms with Gasteiger partial charge in [0, 0.05) is 30.3 Å². The Morgan fingerprint density at radius 1 is 1.35 bits per heavy atom. The molecule has 0 spiro atoms. The Morgan fingerprint density at radius 3 is 2.55 bits per heavy atom. The van der Waals surface area contributed by atoms with E-state index < -0.39 is 0 Å². The molecule has 0 saturated carbocycles. The first-order valence-electron chi connectivity index (χ1n) is 6.51. The predicted molar refractivity (Wildman–Crippen MR) is 96.8 cm³/mol. The van der Waals surface area contributed by atoms with Crippen LogP contribution in [-0.4, -0.2) is 31.3 Å². The molecule has 0 radical (unpaired) electrons. The van der Waals surface area contributed by atoms with Crippen molar-refractivity contribution in [2.45, 2.75) is 31.2 Å². The van der Waals surface area contributed by atoms with Gasteiger partial charge < -0.3 is 10.6 Å². The number of aliphatic imine (C=N–C) groups is 1. The van der Waals surface area contributed by atoms with Crippen LogP contribution >= 0.6 is 35.7 Å². The average Bonchev–Trinajstić information content (AvgIpc) is 2.43. The van der Waals surface area contributed by atoms with Crippen LogP contribution in [0.2, 0.25) is 0 Å². The van der Waals surface area contributed by atoms with Gasteiger partial charge in [0.25, 0.3) is 0 Å². The molecular formula is C14H23FIN3S. The Morgan fingerprint density at radius 2 is 2.00 bits per heavy atom. The Kier molecular flexibility index (Phi) is 10.9. The Hall–Kier alpha value is -0.500. The van der Waals surface area contributed by atoms with Crippen LogP contribution in [0.4, 0.5) is 4.39 Å². The first kappa shape index (κ1) is 19.5. The van der Waals surface area contributed by atoms with Gasteiger partial charge in [-0.1, -0.05) is 6.92 Å². The molecule has 3 nitrogen and oxygen atoms in total. The van der Waals surface area contributed by atoms with E-state index in [0.29, 0.717) is 6.04 Å². The SMILES string of the molecule is CCC(C)NC(=NC)NCCSc1ccc(F)cc1.I. The van der Waals surface area contributed by atoms with Crippen LogP contribution in [-0.2, 0) is 0 Å². The minimum Gasteiger partial charge on any atom is -0.356 e. The van der Waals surface area contributed by atoms with E-state index in [1.54, 1.807) is 30.9 Å². The van der Waals surface area contributed by atoms with Crippen molar-refractivity contribution in [3.05, 3.63) is 30.1 Å². The monoisotopic (exact) mass is 411 g/mol. The van der Waals surface area contributed by atoms with E-state index in [1.165, 1.54) is 12.1 Å². The van der Waals surface area contributed by atoms with Gasteiger partial charge in [-0.05, 0) is 37.6 Å². The molecule has 0 aliphatic rings. The molecular weight excluding hydrogens is 388 g/mol. The van der Waals surface area contributed by atoms with Gasteiger partial charge in [-0.2, -0.15) is 0 Å². The number of thioether (sulfide) groups is 1. The third-order valence-electron chi connectivity index (χ3n) is 2.70. The molecule has 1 unspecified atom stereocenters. The molecule has 0 aromatic heterocycles. The number of nitrogens with zero attached hydrogens (tertiary/aromatic N) is 1. The predicted octanol–water partition coefficient (Wildman–Crippen LogP) is 3.50. The number of benzene rings is 1. The van der Waals surface area contributed by atoms with Crippen LogP contribution in [0.1, 0.15) is 20.3 Å². The van der Waals surface area contributed by atoms with E-state index in [2.05, 4.69) is 29.5 Å². The van der Waals surface area contributed by atoms with Gasteiger partial charge in [0.2, 0.25) is 0 Å². The molecule has 0 saturated heterocycles. The lowest BCUT2D eigenvalue weighted by Gasteiger charge is -2.16. The van der Waals surface area contributed by atoms with Crippen molar-refractivity contribution >= 4 is 41.7 Å². The molecule has 0 bridgehead atoms. The molecule has 0 fully saturated rings. The summed E-state index contributed by atoms with van der Waals surface area (Å²) in [5, 5.41) is 6.56. The molecule has 1 aromatic rings. The van der Waals surface area contributed by atoms with E-state index in [1.807, 2.05) is 0 Å². The van der Waals surface area contributed by atoms with Crippen molar-refractivity contribution in [3.8, 4) is 0 Å². The first-order valence-corrected chi connectivity index (χ1v) is 7.49. The van der Waals surface area contributed by atoms with Gasteiger partial charge >= 0.3 is 0 Å². The second kappa shape index (κ2) is 11.2. The van der Waals surface area contributed by atoms with Crippen LogP contribution in [0.3, 0.4) is 0 Å². The van der Waals surface area contributed by atoms with E-state index in [-0.39, 0.29) is 29.8 Å². The van der Waals surface area contributed by atoms with Gasteiger partial charge in [0.05, 0.1) is 0 Å². The summed E-state index contributed by atoms with van der Waals surface area (Å²) in [5.74, 6) is 1.54. The van der Waals surface area contributed by atoms with E-state index in [0.717, 1.165) is 29.6 Å². The third kappa shape index (κ3) is 7.94. The third-order valence-corrected chi connectivity index (χ3v) is 3.71. The Balaban J connectivity index is 0.00000361. The number of nitrogens with one attached hydrogen (secondary N) is 2. The van der Waals surface area contributed by atoms with Crippen molar-refractivity contribution < 1.29 is 4.39 Å². The molecule has 6 heteroatoms. The molecule has 2 N–H and O–H groups in total. The highest BCUT2D eigenvalue weighted by Gasteiger charge is 2.02. The van der Waals surface area contributed by atoms with Crippen LogP contribution in [0.5, 0.6) is 0 Å². The molecule has 1 atom stereocenters. The largest absolute Gasteiger partial charge is 0.356 e. The number of guanidine groups is 1. The molecule has 0 aliphatic heterocycles. The maximum Gasteiger partial charge on any atom is 0.191 e. The smallest absolute Gasteiger partial charge is 0.191 e. The van der Waals surface area contributed by atoms with Gasteiger partial charge in [-0.25, -0.2) is 4.39 Å². The summed E-state index contributed by atoms with van der Waals surface area (Å²) in [4.78, 5) is 5.24. The molecule has 0 heterocycles. The summed E-state index contributed by atoms with van der Waals surface area (Å²) in [7, 11) is 1.77. The Bertz CT molecular complexity index is 398. The maximum absolute atomic E-state index is 12.7. The fourth-order valence-electron chi connectivity index (χ4n) is 1.40. The fourth-order valence-corrected chi connectivity index (χ4v) is 2.17.